The lowest BCUT2D eigenvalue weighted by Crippen LogP contribution is -2.63. The van der Waals surface area contributed by atoms with E-state index in [-0.39, 0.29) is 57.9 Å². The molecule has 39 nitrogen and oxygen atoms in total. The lowest BCUT2D eigenvalue weighted by molar-refractivity contribution is -0.143. The number of carbonyl (C=O) groups is 12. The van der Waals surface area contributed by atoms with Crippen LogP contribution in [0.2, 0.25) is 0 Å². The number of imidazole rings is 6. The van der Waals surface area contributed by atoms with Gasteiger partial charge in [0, 0.05) is 110 Å². The number of nitrogens with one attached hydrogen (secondary N) is 17. The van der Waals surface area contributed by atoms with Gasteiger partial charge in [-0.05, 0) is 75.3 Å². The summed E-state index contributed by atoms with van der Waals surface area (Å²) in [7, 11) is 0. The van der Waals surface area contributed by atoms with Crippen LogP contribution in [0.15, 0.2) is 75.1 Å². The monoisotopic (exact) mass is 1550 g/mol. The number of aliphatic carboxylic acids is 1. The molecule has 0 radical (unpaired) electrons. The number of hydrogen-bond acceptors (Lipinski definition) is 21. The van der Waals surface area contributed by atoms with Gasteiger partial charge in [-0.1, -0.05) is 81.1 Å². The van der Waals surface area contributed by atoms with Crippen LogP contribution in [0.5, 0.6) is 0 Å². The van der Waals surface area contributed by atoms with Gasteiger partial charge in [0.2, 0.25) is 65.0 Å². The summed E-state index contributed by atoms with van der Waals surface area (Å²) in [6.07, 6.45) is 19.2. The highest BCUT2D eigenvalue weighted by molar-refractivity contribution is 6.00. The normalized spacial score (nSPS) is 15.7. The van der Waals surface area contributed by atoms with Crippen LogP contribution in [0.25, 0.3) is 0 Å². The molecule has 0 saturated heterocycles. The lowest BCUT2D eigenvalue weighted by Gasteiger charge is -2.32. The standard InChI is InChI=1S/C72H112N26O13/c1-9-39(5)57(68(106)88-50(17-13-15-19-73)62(100)95-59(41(7)11-3)70(108)98-58(40(6)10-2)69(107)89-51(72(110)111)18-14-16-20-74)97-71(109)60(42(8)12-4)96-67(105)56(26-48-32-81-38-87-48)94-66(104)55(25-47-31-80-37-86-47)93-65(103)54(24-46-30-79-36-85-46)92-64(102)53(23-45-29-78-35-84-45)91-63(101)52(22-44-28-77-34-83-44)90-61(99)49(75)21-43-27-76-33-82-43/h27-42,49-60H,9-26,73-75H2,1-8H3,(H,76,82)(H,77,83)(H,78,84)(H,79,85)(H,80,86)(H,81,87)(H,88,106)(H,89,107)(H,90,99)(H,91,101)(H,92,102)(H,93,103)(H,94,104)(H,95,100)(H,96,105)(H,97,109)(H,98,108)(H,110,111)/t39-,40-,41-,42-,49-,50-,51-,52-,53-,54-,55-,56-,57-,58-,59-,60-/m0/s1. The van der Waals surface area contributed by atoms with E-state index in [0.29, 0.717) is 92.1 Å². The third-order valence-corrected chi connectivity index (χ3v) is 19.7. The van der Waals surface area contributed by atoms with Crippen molar-refractivity contribution in [2.45, 2.75) is 231 Å². The molecule has 0 fully saturated rings. The van der Waals surface area contributed by atoms with E-state index >= 15 is 14.4 Å². The van der Waals surface area contributed by atoms with Crippen molar-refractivity contribution in [2.75, 3.05) is 13.1 Å². The molecule has 0 saturated carbocycles. The van der Waals surface area contributed by atoms with Crippen molar-refractivity contribution in [3.8, 4) is 0 Å². The first-order valence-electron chi connectivity index (χ1n) is 37.8. The second-order valence-electron chi connectivity index (χ2n) is 28.1. The van der Waals surface area contributed by atoms with Crippen molar-refractivity contribution in [3.05, 3.63) is 109 Å². The fourth-order valence-corrected chi connectivity index (χ4v) is 12.1. The zero-order valence-corrected chi connectivity index (χ0v) is 64.2. The number of hydrogen-bond donors (Lipinski definition) is 21. The van der Waals surface area contributed by atoms with Crippen LogP contribution in [0, 0.1) is 23.7 Å². The fraction of sp³-hybridized carbons (Fsp3) is 0.583. The second-order valence-corrected chi connectivity index (χ2v) is 28.1. The van der Waals surface area contributed by atoms with Gasteiger partial charge in [0.15, 0.2) is 0 Å². The second kappa shape index (κ2) is 45.7. The molecule has 16 atom stereocenters. The quantitative estimate of drug-likeness (QED) is 0.0183. The molecule has 0 aromatic carbocycles. The molecule has 6 aromatic heterocycles. The first-order chi connectivity index (χ1) is 53.2. The number of unbranched alkanes of at least 4 members (excludes halogenated alkanes) is 2. The van der Waals surface area contributed by atoms with Gasteiger partial charge < -0.3 is 111 Å². The maximum atomic E-state index is 15.1. The number of amides is 11. The van der Waals surface area contributed by atoms with Crippen LogP contribution in [0.4, 0.5) is 0 Å². The number of aromatic nitrogens is 12. The van der Waals surface area contributed by atoms with E-state index in [1.54, 1.807) is 48.5 Å². The van der Waals surface area contributed by atoms with Gasteiger partial charge in [-0.2, -0.15) is 0 Å². The van der Waals surface area contributed by atoms with Crippen molar-refractivity contribution in [3.63, 3.8) is 0 Å². The Hall–Kier alpha value is -11.2. The molecule has 608 valence electrons. The van der Waals surface area contributed by atoms with E-state index < -0.39 is 167 Å². The first kappa shape index (κ1) is 88.7. The molecular weight excluding hydrogens is 1440 g/mol. The van der Waals surface area contributed by atoms with Gasteiger partial charge in [-0.25, -0.2) is 34.7 Å². The van der Waals surface area contributed by atoms with Gasteiger partial charge in [0.1, 0.15) is 66.5 Å². The fourth-order valence-electron chi connectivity index (χ4n) is 12.1. The Kier molecular flexibility index (Phi) is 36.5. The van der Waals surface area contributed by atoms with Crippen molar-refractivity contribution < 1.29 is 62.6 Å². The first-order valence-corrected chi connectivity index (χ1v) is 37.8. The summed E-state index contributed by atoms with van der Waals surface area (Å²) in [5.41, 5.74) is 20.3. The molecule has 111 heavy (non-hydrogen) atoms. The summed E-state index contributed by atoms with van der Waals surface area (Å²) in [4.78, 5) is 215. The van der Waals surface area contributed by atoms with E-state index in [2.05, 4.69) is 118 Å². The Morgan fingerprint density at radius 1 is 0.315 bits per heavy atom. The molecule has 6 rings (SSSR count). The Balaban J connectivity index is 1.23. The van der Waals surface area contributed by atoms with Gasteiger partial charge in [0.25, 0.3) is 0 Å². The predicted molar refractivity (Wildman–Crippen MR) is 404 cm³/mol. The van der Waals surface area contributed by atoms with Crippen molar-refractivity contribution in [1.29, 1.82) is 0 Å². The SMILES string of the molecule is CC[C@H](C)[C@H](NC(=O)[C@H](CCCCN)NC(=O)[C@@H](NC(=O)[C@@H](NC(=O)[C@H](Cc1cnc[nH]1)NC(=O)[C@H](Cc1cnc[nH]1)NC(=O)[C@H](Cc1cnc[nH]1)NC(=O)[C@H](Cc1cnc[nH]1)NC(=O)[C@H](Cc1cnc[nH]1)NC(=O)[C@@H](N)Cc1cnc[nH]1)[C@@H](C)CC)[C@@H](C)CC)C(=O)N[C@H](C(=O)N[C@@H](CCCCN)C(=O)O)[C@@H](C)CC. The van der Waals surface area contributed by atoms with Crippen LogP contribution in [0.3, 0.4) is 0 Å². The topological polar surface area (TPSA) is 608 Å². The average Bonchev–Trinajstić information content (AvgIpc) is 1.62. The van der Waals surface area contributed by atoms with Crippen LogP contribution in [-0.4, -0.2) is 221 Å². The molecule has 6 aromatic rings. The number of nitrogens with two attached hydrogens (primary N) is 3. The number of aromatic amines is 6. The third-order valence-electron chi connectivity index (χ3n) is 19.7. The van der Waals surface area contributed by atoms with Crippen LogP contribution in [-0.2, 0) is 96.1 Å². The number of nitrogens with zero attached hydrogens (tertiary/aromatic N) is 6. The average molecular weight is 1550 g/mol. The Bertz CT molecular complexity index is 3840. The molecule has 39 heteroatoms. The van der Waals surface area contributed by atoms with E-state index in [0.717, 1.165) is 0 Å². The van der Waals surface area contributed by atoms with Gasteiger partial charge in [-0.15, -0.1) is 0 Å². The summed E-state index contributed by atoms with van der Waals surface area (Å²) in [6, 6.07) is -16.2. The minimum Gasteiger partial charge on any atom is -0.480 e. The van der Waals surface area contributed by atoms with Crippen LogP contribution >= 0.6 is 0 Å². The molecule has 11 amide bonds. The molecule has 0 spiro atoms. The molecule has 0 aliphatic rings. The van der Waals surface area contributed by atoms with Gasteiger partial charge >= 0.3 is 5.97 Å². The summed E-state index contributed by atoms with van der Waals surface area (Å²) < 4.78 is 0. The Morgan fingerprint density at radius 2 is 0.532 bits per heavy atom. The van der Waals surface area contributed by atoms with E-state index in [9.17, 15) is 48.3 Å². The van der Waals surface area contributed by atoms with Crippen molar-refractivity contribution in [2.24, 2.45) is 40.9 Å². The number of H-pyrrole nitrogens is 6. The molecule has 0 aliphatic heterocycles. The molecule has 6 heterocycles. The zero-order valence-electron chi connectivity index (χ0n) is 64.2. The summed E-state index contributed by atoms with van der Waals surface area (Å²) >= 11 is 0. The largest absolute Gasteiger partial charge is 0.480 e. The predicted octanol–water partition coefficient (Wildman–Crippen LogP) is -2.03. The summed E-state index contributed by atoms with van der Waals surface area (Å²) in [6.45, 7) is 14.6. The highest BCUT2D eigenvalue weighted by atomic mass is 16.4. The third kappa shape index (κ3) is 28.3. The molecular formula is C72H112N26O13. The van der Waals surface area contributed by atoms with Gasteiger partial charge in [0.05, 0.1) is 44.0 Å². The van der Waals surface area contributed by atoms with E-state index in [1.165, 1.54) is 75.1 Å². The molecule has 0 unspecified atom stereocenters. The number of carboxylic acid groups (broad SMARTS) is 1. The number of carbonyl (C=O) groups excluding carboxylic acids is 11. The highest BCUT2D eigenvalue weighted by Gasteiger charge is 2.40. The van der Waals surface area contributed by atoms with Gasteiger partial charge in [-0.3, -0.25) is 52.7 Å². The summed E-state index contributed by atoms with van der Waals surface area (Å²) in [5, 5.41) is 40.3. The smallest absolute Gasteiger partial charge is 0.326 e. The minimum absolute atomic E-state index is 0.0487. The minimum atomic E-state index is -1.54. The molecule has 0 bridgehead atoms. The van der Waals surface area contributed by atoms with Crippen LogP contribution in [0.1, 0.15) is 154 Å². The van der Waals surface area contributed by atoms with Crippen LogP contribution < -0.4 is 75.7 Å². The highest BCUT2D eigenvalue weighted by Crippen LogP contribution is 2.19. The Morgan fingerprint density at radius 3 is 0.784 bits per heavy atom. The van der Waals surface area contributed by atoms with Crippen molar-refractivity contribution >= 4 is 70.9 Å². The lowest BCUT2D eigenvalue weighted by atomic mass is 9.93. The zero-order chi connectivity index (χ0) is 81.1. The number of rotatable bonds is 51. The Labute approximate surface area is 643 Å². The molecule has 0 aliphatic carbocycles. The van der Waals surface area contributed by atoms with E-state index in [4.69, 9.17) is 17.2 Å². The molecule has 24 N–H and O–H groups in total. The van der Waals surface area contributed by atoms with Crippen molar-refractivity contribution in [1.82, 2.24) is 118 Å². The maximum Gasteiger partial charge on any atom is 0.326 e. The number of carboxylic acids is 1. The summed E-state index contributed by atoms with van der Waals surface area (Å²) in [5.74, 6) is -12.3. The van der Waals surface area contributed by atoms with E-state index in [1.807, 2.05) is 6.92 Å². The maximum absolute atomic E-state index is 15.1.